The molecule has 0 aromatic rings. The zero-order valence-electron chi connectivity index (χ0n) is 9.91. The Kier molecular flexibility index (Phi) is 4.86. The van der Waals surface area contributed by atoms with E-state index < -0.39 is 36.2 Å². The predicted octanol–water partition coefficient (Wildman–Crippen LogP) is -1.07. The average Bonchev–Trinajstić information content (AvgIpc) is 2.70. The van der Waals surface area contributed by atoms with Gasteiger partial charge in [0.1, 0.15) is 0 Å². The maximum atomic E-state index is 11.6. The quantitative estimate of drug-likeness (QED) is 0.500. The Morgan fingerprint density at radius 3 is 2.18 bits per heavy atom. The minimum absolute atomic E-state index is 0.00629. The molecule has 17 heavy (non-hydrogen) atoms. The fourth-order valence-corrected chi connectivity index (χ4v) is 1.87. The highest BCUT2D eigenvalue weighted by Gasteiger charge is 2.49. The summed E-state index contributed by atoms with van der Waals surface area (Å²) in [5.74, 6) is -3.66. The third-order valence-electron chi connectivity index (χ3n) is 2.72. The summed E-state index contributed by atoms with van der Waals surface area (Å²) in [7, 11) is 3.67. The Morgan fingerprint density at radius 1 is 1.24 bits per heavy atom. The lowest BCUT2D eigenvalue weighted by Gasteiger charge is -2.24. The topological polar surface area (TPSA) is 91.3 Å². The molecule has 7 heteroatoms. The number of carbonyl (C=O) groups excluding carboxylic acids is 2. The molecule has 1 heterocycles. The van der Waals surface area contributed by atoms with Crippen molar-refractivity contribution >= 4 is 11.9 Å². The minimum atomic E-state index is -1.26. The van der Waals surface area contributed by atoms with Crippen LogP contribution >= 0.6 is 0 Å². The predicted molar refractivity (Wildman–Crippen MR) is 53.8 cm³/mol. The van der Waals surface area contributed by atoms with Gasteiger partial charge in [0.25, 0.3) is 0 Å². The number of aliphatic hydroxyl groups is 1. The molecule has 0 bridgehead atoms. The van der Waals surface area contributed by atoms with E-state index in [9.17, 15) is 14.7 Å². The number of carbonyl (C=O) groups is 2. The first kappa shape index (κ1) is 13.9. The lowest BCUT2D eigenvalue weighted by Crippen LogP contribution is -2.42. The molecule has 1 unspecified atom stereocenters. The summed E-state index contributed by atoms with van der Waals surface area (Å²) in [5, 5.41) is 9.73. The molecule has 1 rings (SSSR count). The van der Waals surface area contributed by atoms with Crippen molar-refractivity contribution in [3.8, 4) is 0 Å². The van der Waals surface area contributed by atoms with Crippen molar-refractivity contribution in [3.05, 3.63) is 0 Å². The number of ether oxygens (including phenoxy) is 4. The Bertz CT molecular complexity index is 274. The van der Waals surface area contributed by atoms with E-state index in [2.05, 4.69) is 9.47 Å². The fourth-order valence-electron chi connectivity index (χ4n) is 1.87. The van der Waals surface area contributed by atoms with Gasteiger partial charge in [-0.25, -0.2) is 0 Å². The second kappa shape index (κ2) is 5.95. The third-order valence-corrected chi connectivity index (χ3v) is 2.72. The van der Waals surface area contributed by atoms with Crippen LogP contribution < -0.4 is 0 Å². The highest BCUT2D eigenvalue weighted by molar-refractivity contribution is 5.95. The molecule has 3 atom stereocenters. The van der Waals surface area contributed by atoms with Gasteiger partial charge in [-0.3, -0.25) is 9.59 Å². The molecule has 0 amide bonds. The summed E-state index contributed by atoms with van der Waals surface area (Å²) in [6, 6.07) is 0. The maximum absolute atomic E-state index is 11.6. The van der Waals surface area contributed by atoms with E-state index in [0.29, 0.717) is 0 Å². The van der Waals surface area contributed by atoms with Crippen LogP contribution in [0, 0.1) is 11.8 Å². The Labute approximate surface area is 98.6 Å². The van der Waals surface area contributed by atoms with E-state index in [0.717, 1.165) is 14.2 Å². The number of methoxy groups -OCH3 is 3. The molecule has 1 fully saturated rings. The highest BCUT2D eigenvalue weighted by Crippen LogP contribution is 2.31. The average molecular weight is 248 g/mol. The summed E-state index contributed by atoms with van der Waals surface area (Å²) in [4.78, 5) is 23.1. The van der Waals surface area contributed by atoms with Crippen molar-refractivity contribution in [2.24, 2.45) is 11.8 Å². The first-order valence-corrected chi connectivity index (χ1v) is 5.05. The molecule has 0 radical (unpaired) electrons. The van der Waals surface area contributed by atoms with Gasteiger partial charge in [0.05, 0.1) is 32.8 Å². The van der Waals surface area contributed by atoms with Crippen LogP contribution in [0.15, 0.2) is 0 Å². The number of aliphatic hydroxyl groups excluding tert-OH is 1. The molecular weight excluding hydrogens is 232 g/mol. The number of rotatable bonds is 4. The zero-order chi connectivity index (χ0) is 13.0. The second-order valence-corrected chi connectivity index (χ2v) is 3.61. The number of hydrogen-bond donors (Lipinski definition) is 1. The summed E-state index contributed by atoms with van der Waals surface area (Å²) >= 11 is 0. The van der Waals surface area contributed by atoms with E-state index in [1.165, 1.54) is 7.11 Å². The lowest BCUT2D eigenvalue weighted by atomic mass is 9.88. The van der Waals surface area contributed by atoms with Crippen LogP contribution in [-0.4, -0.2) is 57.4 Å². The van der Waals surface area contributed by atoms with Crippen LogP contribution in [0.25, 0.3) is 0 Å². The van der Waals surface area contributed by atoms with E-state index >= 15 is 0 Å². The van der Waals surface area contributed by atoms with Gasteiger partial charge in [-0.05, 0) is 0 Å². The fraction of sp³-hybridized carbons (Fsp3) is 0.800. The second-order valence-electron chi connectivity index (χ2n) is 3.61. The van der Waals surface area contributed by atoms with Crippen LogP contribution in [0.2, 0.25) is 0 Å². The number of esters is 2. The van der Waals surface area contributed by atoms with Crippen LogP contribution in [0.5, 0.6) is 0 Å². The van der Waals surface area contributed by atoms with Gasteiger partial charge in [0.15, 0.2) is 12.2 Å². The van der Waals surface area contributed by atoms with E-state index in [4.69, 9.17) is 9.47 Å². The van der Waals surface area contributed by atoms with E-state index in [1.54, 1.807) is 0 Å². The molecule has 7 nitrogen and oxygen atoms in total. The summed E-state index contributed by atoms with van der Waals surface area (Å²) < 4.78 is 19.1. The van der Waals surface area contributed by atoms with Gasteiger partial charge in [-0.15, -0.1) is 0 Å². The minimum Gasteiger partial charge on any atom is -0.468 e. The standard InChI is InChI=1S/C10H16O7/c1-14-8(12)7(9(13)15-2)6-5(11)4-17-10(6)16-3/h5-7,10-11H,4H2,1-3H3/t5-,6-,10?/m0/s1. The molecule has 0 aromatic carbocycles. The Balaban J connectivity index is 2.95. The SMILES string of the molecule is COC(=O)C(C(=O)OC)[C@H]1C(OC)OC[C@@H]1O. The molecule has 1 aliphatic heterocycles. The van der Waals surface area contributed by atoms with Gasteiger partial charge in [-0.1, -0.05) is 0 Å². The van der Waals surface area contributed by atoms with E-state index in [-0.39, 0.29) is 6.61 Å². The van der Waals surface area contributed by atoms with Crippen molar-refractivity contribution in [2.75, 3.05) is 27.9 Å². The molecule has 1 saturated heterocycles. The molecule has 1 aliphatic rings. The monoisotopic (exact) mass is 248 g/mol. The van der Waals surface area contributed by atoms with Gasteiger partial charge < -0.3 is 24.1 Å². The first-order chi connectivity index (χ1) is 8.06. The third kappa shape index (κ3) is 2.74. The van der Waals surface area contributed by atoms with Crippen LogP contribution in [0.1, 0.15) is 0 Å². The maximum Gasteiger partial charge on any atom is 0.320 e. The molecule has 0 aromatic heterocycles. The van der Waals surface area contributed by atoms with Crippen LogP contribution in [0.3, 0.4) is 0 Å². The summed E-state index contributed by atoms with van der Waals surface area (Å²) in [6.45, 7) is -0.00629. The Hall–Kier alpha value is -1.18. The van der Waals surface area contributed by atoms with Gasteiger partial charge in [0, 0.05) is 7.11 Å². The van der Waals surface area contributed by atoms with E-state index in [1.807, 2.05) is 0 Å². The molecular formula is C10H16O7. The zero-order valence-corrected chi connectivity index (χ0v) is 9.91. The van der Waals surface area contributed by atoms with Gasteiger partial charge >= 0.3 is 11.9 Å². The smallest absolute Gasteiger partial charge is 0.320 e. The summed E-state index contributed by atoms with van der Waals surface area (Å²) in [6.07, 6.45) is -1.82. The molecule has 0 saturated carbocycles. The molecule has 0 spiro atoms. The molecule has 0 aliphatic carbocycles. The van der Waals surface area contributed by atoms with Crippen molar-refractivity contribution in [1.82, 2.24) is 0 Å². The lowest BCUT2D eigenvalue weighted by molar-refractivity contribution is -0.173. The normalized spacial score (nSPS) is 28.2. The van der Waals surface area contributed by atoms with Crippen molar-refractivity contribution in [2.45, 2.75) is 12.4 Å². The summed E-state index contributed by atoms with van der Waals surface area (Å²) in [5.41, 5.74) is 0. The largest absolute Gasteiger partial charge is 0.468 e. The van der Waals surface area contributed by atoms with Crippen molar-refractivity contribution < 1.29 is 33.6 Å². The van der Waals surface area contributed by atoms with Crippen molar-refractivity contribution in [1.29, 1.82) is 0 Å². The number of hydrogen-bond acceptors (Lipinski definition) is 7. The van der Waals surface area contributed by atoms with Crippen LogP contribution in [0.4, 0.5) is 0 Å². The van der Waals surface area contributed by atoms with Crippen LogP contribution in [-0.2, 0) is 28.5 Å². The molecule has 98 valence electrons. The van der Waals surface area contributed by atoms with Gasteiger partial charge in [-0.2, -0.15) is 0 Å². The molecule has 1 N–H and O–H groups in total. The van der Waals surface area contributed by atoms with Crippen molar-refractivity contribution in [3.63, 3.8) is 0 Å². The van der Waals surface area contributed by atoms with Gasteiger partial charge in [0.2, 0.25) is 0 Å². The highest BCUT2D eigenvalue weighted by atomic mass is 16.7. The first-order valence-electron chi connectivity index (χ1n) is 5.05. The Morgan fingerprint density at radius 2 is 1.76 bits per heavy atom.